The number of hydrogen-bond donors (Lipinski definition) is 3. The molecule has 0 fully saturated rings. The molecule has 2 atom stereocenters. The van der Waals surface area contributed by atoms with Crippen molar-refractivity contribution in [3.63, 3.8) is 0 Å². The van der Waals surface area contributed by atoms with Crippen molar-refractivity contribution in [3.8, 4) is 11.5 Å². The lowest BCUT2D eigenvalue weighted by atomic mass is 10.1. The van der Waals surface area contributed by atoms with Crippen LogP contribution in [0, 0.1) is 6.92 Å². The number of aryl methyl sites for hydroxylation is 1. The molecule has 3 aromatic rings. The predicted octanol–water partition coefficient (Wildman–Crippen LogP) is 3.78. The van der Waals surface area contributed by atoms with Gasteiger partial charge in [0.25, 0.3) is 5.91 Å². The third kappa shape index (κ3) is 6.80. The van der Waals surface area contributed by atoms with Gasteiger partial charge < -0.3 is 4.74 Å². The van der Waals surface area contributed by atoms with Gasteiger partial charge in [0.15, 0.2) is 0 Å². The van der Waals surface area contributed by atoms with Gasteiger partial charge in [0.05, 0.1) is 18.5 Å². The van der Waals surface area contributed by atoms with Gasteiger partial charge in [-0.3, -0.25) is 19.6 Å². The smallest absolute Gasteiger partial charge is 0.262 e. The van der Waals surface area contributed by atoms with E-state index < -0.39 is 22.0 Å². The number of carbonyl (C=O) groups excluding carboxylic acids is 1. The Morgan fingerprint density at radius 2 is 1.53 bits per heavy atom. The Labute approximate surface area is 200 Å². The molecule has 0 saturated carbocycles. The molecule has 9 heteroatoms. The number of nitrogens with one attached hydrogen (secondary N) is 2. The van der Waals surface area contributed by atoms with Gasteiger partial charge in [0.2, 0.25) is 10.0 Å². The third-order valence-electron chi connectivity index (χ3n) is 5.31. The quantitative estimate of drug-likeness (QED) is 0.299. The van der Waals surface area contributed by atoms with Crippen LogP contribution in [0.15, 0.2) is 78.9 Å². The normalized spacial score (nSPS) is 13.1. The Morgan fingerprint density at radius 3 is 2.06 bits per heavy atom. The molecule has 8 nitrogen and oxygen atoms in total. The summed E-state index contributed by atoms with van der Waals surface area (Å²) in [6, 6.07) is 22.2. The fourth-order valence-corrected chi connectivity index (χ4v) is 4.37. The van der Waals surface area contributed by atoms with E-state index in [2.05, 4.69) is 5.32 Å². The SMILES string of the molecule is Cc1ccc(Oc2ccc(N(C[C@H](N[C@H](C)c3ccccc3)C(=O)NO)S(C)(=O)=O)cc2)cc1. The van der Waals surface area contributed by atoms with Crippen molar-refractivity contribution < 1.29 is 23.2 Å². The highest BCUT2D eigenvalue weighted by molar-refractivity contribution is 7.92. The Hall–Kier alpha value is -3.40. The molecule has 0 aliphatic carbocycles. The van der Waals surface area contributed by atoms with Gasteiger partial charge in [-0.05, 0) is 55.8 Å². The van der Waals surface area contributed by atoms with Crippen LogP contribution in [0.25, 0.3) is 0 Å². The molecule has 3 rings (SSSR count). The number of rotatable bonds is 10. The summed E-state index contributed by atoms with van der Waals surface area (Å²) in [7, 11) is -3.74. The van der Waals surface area contributed by atoms with E-state index >= 15 is 0 Å². The van der Waals surface area contributed by atoms with Crippen molar-refractivity contribution in [2.75, 3.05) is 17.1 Å². The lowest BCUT2D eigenvalue weighted by Gasteiger charge is -2.29. The molecule has 0 aliphatic heterocycles. The lowest BCUT2D eigenvalue weighted by Crippen LogP contribution is -2.52. The number of hydrogen-bond acceptors (Lipinski definition) is 6. The Bertz CT molecular complexity index is 1180. The average molecular weight is 484 g/mol. The van der Waals surface area contributed by atoms with Crippen molar-refractivity contribution in [1.82, 2.24) is 10.8 Å². The standard InChI is InChI=1S/C25H29N3O5S/c1-18-9-13-22(14-10-18)33-23-15-11-21(12-16-23)28(34(3,31)32)17-24(25(29)27-30)26-19(2)20-7-5-4-6-8-20/h4-16,19,24,26,30H,17H2,1-3H3,(H,27,29)/t19-,24+/m1/s1. The first-order chi connectivity index (χ1) is 16.2. The van der Waals surface area contributed by atoms with Crippen LogP contribution in [-0.2, 0) is 14.8 Å². The number of benzene rings is 3. The number of amides is 1. The highest BCUT2D eigenvalue weighted by Crippen LogP contribution is 2.26. The molecule has 0 spiro atoms. The molecule has 3 aromatic carbocycles. The van der Waals surface area contributed by atoms with Crippen molar-refractivity contribution >= 4 is 21.6 Å². The summed E-state index contributed by atoms with van der Waals surface area (Å²) in [6.07, 6.45) is 1.07. The predicted molar refractivity (Wildman–Crippen MR) is 132 cm³/mol. The average Bonchev–Trinajstić information content (AvgIpc) is 2.83. The van der Waals surface area contributed by atoms with Gasteiger partial charge in [0.1, 0.15) is 17.5 Å². The topological polar surface area (TPSA) is 108 Å². The van der Waals surface area contributed by atoms with Crippen LogP contribution in [0.5, 0.6) is 11.5 Å². The second kappa shape index (κ2) is 11.1. The van der Waals surface area contributed by atoms with Crippen LogP contribution in [-0.4, -0.2) is 38.4 Å². The van der Waals surface area contributed by atoms with Crippen LogP contribution in [0.2, 0.25) is 0 Å². The molecule has 0 saturated heterocycles. The monoisotopic (exact) mass is 483 g/mol. The summed E-state index contributed by atoms with van der Waals surface area (Å²) in [5.74, 6) is 0.467. The Morgan fingerprint density at radius 1 is 0.971 bits per heavy atom. The number of carbonyl (C=O) groups is 1. The molecular weight excluding hydrogens is 454 g/mol. The van der Waals surface area contributed by atoms with Crippen LogP contribution in [0.4, 0.5) is 5.69 Å². The van der Waals surface area contributed by atoms with E-state index in [0.29, 0.717) is 17.2 Å². The maximum atomic E-state index is 12.6. The zero-order valence-electron chi connectivity index (χ0n) is 19.3. The third-order valence-corrected chi connectivity index (χ3v) is 6.47. The fourth-order valence-electron chi connectivity index (χ4n) is 3.45. The maximum Gasteiger partial charge on any atom is 0.262 e. The number of sulfonamides is 1. The molecule has 0 aliphatic rings. The summed E-state index contributed by atoms with van der Waals surface area (Å²) in [4.78, 5) is 12.4. The van der Waals surface area contributed by atoms with Gasteiger partial charge in [-0.15, -0.1) is 0 Å². The maximum absolute atomic E-state index is 12.6. The molecule has 180 valence electrons. The molecule has 0 aromatic heterocycles. The fraction of sp³-hybridized carbons (Fsp3) is 0.240. The second-order valence-corrected chi connectivity index (χ2v) is 9.94. The number of nitrogens with zero attached hydrogens (tertiary/aromatic N) is 1. The van der Waals surface area contributed by atoms with Crippen molar-refractivity contribution in [2.45, 2.75) is 25.9 Å². The first-order valence-electron chi connectivity index (χ1n) is 10.7. The lowest BCUT2D eigenvalue weighted by molar-refractivity contribution is -0.131. The minimum atomic E-state index is -3.74. The molecule has 1 amide bonds. The van der Waals surface area contributed by atoms with Crippen LogP contribution in [0.1, 0.15) is 24.1 Å². The zero-order chi connectivity index (χ0) is 24.7. The largest absolute Gasteiger partial charge is 0.457 e. The van der Waals surface area contributed by atoms with E-state index in [1.807, 2.05) is 68.4 Å². The molecular formula is C25H29N3O5S. The Balaban J connectivity index is 1.80. The molecule has 0 radical (unpaired) electrons. The first-order valence-corrected chi connectivity index (χ1v) is 12.6. The molecule has 3 N–H and O–H groups in total. The molecule has 0 heterocycles. The summed E-state index contributed by atoms with van der Waals surface area (Å²) < 4.78 is 32.2. The number of anilines is 1. The van der Waals surface area contributed by atoms with E-state index in [0.717, 1.165) is 21.7 Å². The Kier molecular flexibility index (Phi) is 8.27. The van der Waals surface area contributed by atoms with Crippen LogP contribution in [0.3, 0.4) is 0 Å². The summed E-state index contributed by atoms with van der Waals surface area (Å²) in [6.45, 7) is 3.62. The first kappa shape index (κ1) is 25.2. The van der Waals surface area contributed by atoms with Crippen molar-refractivity contribution in [2.24, 2.45) is 0 Å². The molecule has 0 bridgehead atoms. The van der Waals surface area contributed by atoms with Gasteiger partial charge in [-0.1, -0.05) is 48.0 Å². The highest BCUT2D eigenvalue weighted by Gasteiger charge is 2.28. The minimum Gasteiger partial charge on any atom is -0.457 e. The zero-order valence-corrected chi connectivity index (χ0v) is 20.1. The van der Waals surface area contributed by atoms with Gasteiger partial charge in [-0.25, -0.2) is 13.9 Å². The van der Waals surface area contributed by atoms with E-state index in [1.165, 1.54) is 0 Å². The van der Waals surface area contributed by atoms with Crippen LogP contribution >= 0.6 is 0 Å². The number of hydroxylamine groups is 1. The molecule has 0 unspecified atom stereocenters. The van der Waals surface area contributed by atoms with E-state index in [9.17, 15) is 18.4 Å². The van der Waals surface area contributed by atoms with Gasteiger partial charge in [-0.2, -0.15) is 0 Å². The van der Waals surface area contributed by atoms with E-state index in [-0.39, 0.29) is 12.6 Å². The molecule has 34 heavy (non-hydrogen) atoms. The van der Waals surface area contributed by atoms with Gasteiger partial charge in [0, 0.05) is 6.04 Å². The highest BCUT2D eigenvalue weighted by atomic mass is 32.2. The summed E-state index contributed by atoms with van der Waals surface area (Å²) in [5.41, 5.74) is 4.02. The van der Waals surface area contributed by atoms with E-state index in [1.54, 1.807) is 29.7 Å². The summed E-state index contributed by atoms with van der Waals surface area (Å²) >= 11 is 0. The second-order valence-electron chi connectivity index (χ2n) is 8.03. The minimum absolute atomic E-state index is 0.222. The van der Waals surface area contributed by atoms with E-state index in [4.69, 9.17) is 4.74 Å². The summed E-state index contributed by atoms with van der Waals surface area (Å²) in [5, 5.41) is 12.3. The number of ether oxygens (including phenoxy) is 1. The van der Waals surface area contributed by atoms with Gasteiger partial charge >= 0.3 is 0 Å². The van der Waals surface area contributed by atoms with Crippen molar-refractivity contribution in [3.05, 3.63) is 90.0 Å². The van der Waals surface area contributed by atoms with Crippen LogP contribution < -0.4 is 19.8 Å². The van der Waals surface area contributed by atoms with Crippen molar-refractivity contribution in [1.29, 1.82) is 0 Å².